The Morgan fingerprint density at radius 1 is 1.27 bits per heavy atom. The first kappa shape index (κ1) is 19.1. The van der Waals surface area contributed by atoms with Crippen LogP contribution < -0.4 is 15.4 Å². The Kier molecular flexibility index (Phi) is 6.40. The van der Waals surface area contributed by atoms with Gasteiger partial charge in [-0.25, -0.2) is 0 Å². The third-order valence-corrected chi connectivity index (χ3v) is 3.35. The van der Waals surface area contributed by atoms with Crippen LogP contribution in [-0.4, -0.2) is 22.5 Å². The minimum Gasteiger partial charge on any atom is -0.489 e. The lowest BCUT2D eigenvalue weighted by atomic mass is 10.2. The lowest BCUT2D eigenvalue weighted by Gasteiger charge is -2.11. The van der Waals surface area contributed by atoms with Gasteiger partial charge in [0, 0.05) is 29.4 Å². The van der Waals surface area contributed by atoms with E-state index in [1.54, 1.807) is 24.3 Å². The van der Waals surface area contributed by atoms with Gasteiger partial charge in [0.15, 0.2) is 5.11 Å². The summed E-state index contributed by atoms with van der Waals surface area (Å²) in [5.74, 6) is 0.176. The van der Waals surface area contributed by atoms with Crippen LogP contribution in [0.2, 0.25) is 0 Å². The summed E-state index contributed by atoms with van der Waals surface area (Å²) in [4.78, 5) is 22.2. The van der Waals surface area contributed by atoms with Gasteiger partial charge in [0.25, 0.3) is 11.6 Å². The maximum atomic E-state index is 12.1. The van der Waals surface area contributed by atoms with E-state index in [0.717, 1.165) is 5.57 Å². The number of carbonyl (C=O) groups excluding carboxylic acids is 1. The summed E-state index contributed by atoms with van der Waals surface area (Å²) in [5, 5.41) is 16.1. The van der Waals surface area contributed by atoms with E-state index in [1.807, 2.05) is 6.92 Å². The molecular weight excluding hydrogens is 354 g/mol. The molecule has 0 unspecified atom stereocenters. The van der Waals surface area contributed by atoms with Crippen LogP contribution in [0.3, 0.4) is 0 Å². The monoisotopic (exact) mass is 371 g/mol. The van der Waals surface area contributed by atoms with Gasteiger partial charge in [0.2, 0.25) is 0 Å². The number of hydrogen-bond acceptors (Lipinski definition) is 5. The SMILES string of the molecule is C=C(C)COc1cccc(NC(=S)NC(=O)c2ccc([N+](=O)[O-])cc2)c1. The van der Waals surface area contributed by atoms with Gasteiger partial charge in [-0.2, -0.15) is 0 Å². The molecule has 2 N–H and O–H groups in total. The van der Waals surface area contributed by atoms with E-state index in [9.17, 15) is 14.9 Å². The van der Waals surface area contributed by atoms with E-state index in [0.29, 0.717) is 18.0 Å². The molecule has 134 valence electrons. The zero-order chi connectivity index (χ0) is 19.1. The number of benzene rings is 2. The normalized spacial score (nSPS) is 9.88. The standard InChI is InChI=1S/C18H17N3O4S/c1-12(2)11-25-16-5-3-4-14(10-16)19-18(26)20-17(22)13-6-8-15(9-7-13)21(23)24/h3-10H,1,11H2,2H3,(H2,19,20,22,26). The molecule has 1 amide bonds. The average Bonchev–Trinajstić information content (AvgIpc) is 2.60. The van der Waals surface area contributed by atoms with Gasteiger partial charge in [0.1, 0.15) is 12.4 Å². The second-order valence-electron chi connectivity index (χ2n) is 5.49. The molecule has 0 aliphatic rings. The summed E-state index contributed by atoms with van der Waals surface area (Å²) in [6, 6.07) is 12.3. The number of nitro groups is 1. The highest BCUT2D eigenvalue weighted by Crippen LogP contribution is 2.18. The van der Waals surface area contributed by atoms with Crippen molar-refractivity contribution >= 4 is 34.6 Å². The van der Waals surface area contributed by atoms with Crippen molar-refractivity contribution in [3.63, 3.8) is 0 Å². The van der Waals surface area contributed by atoms with Crippen molar-refractivity contribution in [1.29, 1.82) is 0 Å². The van der Waals surface area contributed by atoms with Gasteiger partial charge in [-0.3, -0.25) is 20.2 Å². The van der Waals surface area contributed by atoms with Gasteiger partial charge < -0.3 is 10.1 Å². The molecule has 7 nitrogen and oxygen atoms in total. The van der Waals surface area contributed by atoms with Crippen LogP contribution in [0.15, 0.2) is 60.7 Å². The first-order valence-corrected chi connectivity index (χ1v) is 8.00. The molecule has 2 rings (SSSR count). The molecule has 0 radical (unpaired) electrons. The third kappa shape index (κ3) is 5.67. The van der Waals surface area contributed by atoms with Crippen LogP contribution in [0.4, 0.5) is 11.4 Å². The zero-order valence-electron chi connectivity index (χ0n) is 14.0. The smallest absolute Gasteiger partial charge is 0.269 e. The number of nitro benzene ring substituents is 1. The van der Waals surface area contributed by atoms with Crippen molar-refractivity contribution < 1.29 is 14.5 Å². The van der Waals surface area contributed by atoms with Crippen molar-refractivity contribution in [3.05, 3.63) is 76.4 Å². The number of carbonyl (C=O) groups is 1. The number of nitrogens with zero attached hydrogens (tertiary/aromatic N) is 1. The van der Waals surface area contributed by atoms with Crippen molar-refractivity contribution in [2.45, 2.75) is 6.92 Å². The zero-order valence-corrected chi connectivity index (χ0v) is 14.8. The van der Waals surface area contributed by atoms with Crippen LogP contribution in [0, 0.1) is 10.1 Å². The quantitative estimate of drug-likeness (QED) is 0.348. The molecule has 8 heteroatoms. The van der Waals surface area contributed by atoms with E-state index < -0.39 is 10.8 Å². The number of nitrogens with one attached hydrogen (secondary N) is 2. The maximum absolute atomic E-state index is 12.1. The fourth-order valence-corrected chi connectivity index (χ4v) is 2.15. The van der Waals surface area contributed by atoms with E-state index in [4.69, 9.17) is 17.0 Å². The molecule has 0 aliphatic heterocycles. The molecule has 26 heavy (non-hydrogen) atoms. The minimum absolute atomic E-state index is 0.0890. The summed E-state index contributed by atoms with van der Waals surface area (Å²) in [5.41, 5.74) is 1.72. The number of ether oxygens (including phenoxy) is 1. The summed E-state index contributed by atoms with van der Waals surface area (Å²) in [6.07, 6.45) is 0. The van der Waals surface area contributed by atoms with E-state index >= 15 is 0 Å². The molecule has 0 saturated carbocycles. The second-order valence-corrected chi connectivity index (χ2v) is 5.89. The molecule has 0 atom stereocenters. The predicted molar refractivity (Wildman–Crippen MR) is 104 cm³/mol. The number of anilines is 1. The fraction of sp³-hybridized carbons (Fsp3) is 0.111. The lowest BCUT2D eigenvalue weighted by molar-refractivity contribution is -0.384. The lowest BCUT2D eigenvalue weighted by Crippen LogP contribution is -2.34. The van der Waals surface area contributed by atoms with E-state index in [1.165, 1.54) is 24.3 Å². The Bertz CT molecular complexity index is 850. The van der Waals surface area contributed by atoms with Gasteiger partial charge in [-0.1, -0.05) is 12.6 Å². The average molecular weight is 371 g/mol. The molecular formula is C18H17N3O4S. The molecule has 2 aromatic carbocycles. The number of hydrogen-bond donors (Lipinski definition) is 2. The Balaban J connectivity index is 1.95. The first-order valence-electron chi connectivity index (χ1n) is 7.59. The highest BCUT2D eigenvalue weighted by Gasteiger charge is 2.11. The van der Waals surface area contributed by atoms with E-state index in [-0.39, 0.29) is 16.4 Å². The number of thiocarbonyl (C=S) groups is 1. The van der Waals surface area contributed by atoms with Crippen molar-refractivity contribution in [2.24, 2.45) is 0 Å². The minimum atomic E-state index is -0.531. The van der Waals surface area contributed by atoms with E-state index in [2.05, 4.69) is 17.2 Å². The fourth-order valence-electron chi connectivity index (χ4n) is 1.94. The molecule has 0 aliphatic carbocycles. The van der Waals surface area contributed by atoms with Crippen LogP contribution in [0.5, 0.6) is 5.75 Å². The summed E-state index contributed by atoms with van der Waals surface area (Å²) in [7, 11) is 0. The Hall–Kier alpha value is -3.26. The van der Waals surface area contributed by atoms with Crippen LogP contribution in [0.1, 0.15) is 17.3 Å². The Morgan fingerprint density at radius 2 is 1.96 bits per heavy atom. The molecule has 0 spiro atoms. The van der Waals surface area contributed by atoms with Gasteiger partial charge in [-0.05, 0) is 49.0 Å². The van der Waals surface area contributed by atoms with Crippen molar-refractivity contribution in [2.75, 3.05) is 11.9 Å². The largest absolute Gasteiger partial charge is 0.489 e. The molecule has 2 aromatic rings. The van der Waals surface area contributed by atoms with Crippen LogP contribution >= 0.6 is 12.2 Å². The second kappa shape index (κ2) is 8.72. The summed E-state index contributed by atoms with van der Waals surface area (Å²) >= 11 is 5.12. The van der Waals surface area contributed by atoms with Crippen molar-refractivity contribution in [3.8, 4) is 5.75 Å². The summed E-state index contributed by atoms with van der Waals surface area (Å²) in [6.45, 7) is 6.04. The van der Waals surface area contributed by atoms with Crippen molar-refractivity contribution in [1.82, 2.24) is 5.32 Å². The van der Waals surface area contributed by atoms with Crippen LogP contribution in [-0.2, 0) is 0 Å². The predicted octanol–water partition coefficient (Wildman–Crippen LogP) is 3.68. The third-order valence-electron chi connectivity index (χ3n) is 3.14. The van der Waals surface area contributed by atoms with Gasteiger partial charge in [-0.15, -0.1) is 0 Å². The molecule has 0 aromatic heterocycles. The Labute approximate surface area is 155 Å². The number of amides is 1. The number of non-ortho nitro benzene ring substituents is 1. The highest BCUT2D eigenvalue weighted by atomic mass is 32.1. The van der Waals surface area contributed by atoms with Gasteiger partial charge in [0.05, 0.1) is 4.92 Å². The highest BCUT2D eigenvalue weighted by molar-refractivity contribution is 7.80. The molecule has 0 heterocycles. The molecule has 0 bridgehead atoms. The maximum Gasteiger partial charge on any atom is 0.269 e. The first-order chi connectivity index (χ1) is 12.3. The van der Waals surface area contributed by atoms with Gasteiger partial charge >= 0.3 is 0 Å². The molecule has 0 saturated heterocycles. The van der Waals surface area contributed by atoms with Crippen LogP contribution in [0.25, 0.3) is 0 Å². The molecule has 0 fully saturated rings. The number of rotatable bonds is 6. The summed E-state index contributed by atoms with van der Waals surface area (Å²) < 4.78 is 5.55. The Morgan fingerprint density at radius 3 is 2.58 bits per heavy atom. The topological polar surface area (TPSA) is 93.5 Å².